The van der Waals surface area contributed by atoms with Gasteiger partial charge in [0.15, 0.2) is 9.84 Å². The molecule has 0 aliphatic carbocycles. The summed E-state index contributed by atoms with van der Waals surface area (Å²) in [5.74, 6) is 0.746. The van der Waals surface area contributed by atoms with Crippen LogP contribution in [0, 0.1) is 0 Å². The lowest BCUT2D eigenvalue weighted by atomic mass is 10.1. The van der Waals surface area contributed by atoms with Crippen molar-refractivity contribution in [2.75, 3.05) is 37.7 Å². The van der Waals surface area contributed by atoms with Crippen LogP contribution in [0.5, 0.6) is 0 Å². The normalized spacial score (nSPS) is 24.7. The molecule has 23 heavy (non-hydrogen) atoms. The zero-order valence-electron chi connectivity index (χ0n) is 13.2. The fourth-order valence-electron chi connectivity index (χ4n) is 3.34. The highest BCUT2D eigenvalue weighted by molar-refractivity contribution is 7.91. The quantitative estimate of drug-likeness (QED) is 0.793. The van der Waals surface area contributed by atoms with E-state index in [4.69, 9.17) is 0 Å². The summed E-state index contributed by atoms with van der Waals surface area (Å²) in [6, 6.07) is 5.88. The molecule has 7 heteroatoms. The molecule has 1 atom stereocenters. The molecule has 0 saturated carbocycles. The van der Waals surface area contributed by atoms with Gasteiger partial charge in [0.05, 0.1) is 11.5 Å². The maximum atomic E-state index is 12.3. The second kappa shape index (κ2) is 6.97. The van der Waals surface area contributed by atoms with Crippen molar-refractivity contribution in [2.45, 2.75) is 25.3 Å². The summed E-state index contributed by atoms with van der Waals surface area (Å²) in [4.78, 5) is 20.6. The maximum absolute atomic E-state index is 12.3. The Morgan fingerprint density at radius 1 is 1.22 bits per heavy atom. The van der Waals surface area contributed by atoms with Crippen LogP contribution >= 0.6 is 0 Å². The van der Waals surface area contributed by atoms with E-state index in [1.165, 1.54) is 0 Å². The Bertz CT molecular complexity index is 640. The third-order valence-electron chi connectivity index (χ3n) is 4.71. The summed E-state index contributed by atoms with van der Waals surface area (Å²) in [5, 5.41) is 0. The number of sulfone groups is 1. The average Bonchev–Trinajstić information content (AvgIpc) is 2.94. The Hall–Kier alpha value is -1.47. The second-order valence-electron chi connectivity index (χ2n) is 6.29. The van der Waals surface area contributed by atoms with E-state index in [1.807, 2.05) is 23.1 Å². The summed E-state index contributed by atoms with van der Waals surface area (Å²) in [5.41, 5.74) is 0.940. The molecular weight excluding hydrogens is 314 g/mol. The Morgan fingerprint density at radius 2 is 2.00 bits per heavy atom. The Balaban J connectivity index is 1.44. The van der Waals surface area contributed by atoms with Crippen molar-refractivity contribution in [1.29, 1.82) is 0 Å². The number of pyridine rings is 1. The third kappa shape index (κ3) is 4.29. The van der Waals surface area contributed by atoms with E-state index < -0.39 is 9.84 Å². The number of nitrogens with zero attached hydrogens (tertiary/aromatic N) is 3. The van der Waals surface area contributed by atoms with Crippen LogP contribution in [0.1, 0.15) is 18.5 Å². The first-order valence-corrected chi connectivity index (χ1v) is 9.98. The molecule has 0 spiro atoms. The van der Waals surface area contributed by atoms with Gasteiger partial charge in [-0.15, -0.1) is 0 Å². The SMILES string of the molecule is O=C(CCc1ccccn1)N1CCN([C@@H]2CCS(=O)(=O)C2)CC1. The largest absolute Gasteiger partial charge is 0.340 e. The van der Waals surface area contributed by atoms with Crippen LogP contribution in [0.2, 0.25) is 0 Å². The van der Waals surface area contributed by atoms with Gasteiger partial charge in [0, 0.05) is 50.5 Å². The fourth-order valence-corrected chi connectivity index (χ4v) is 5.10. The van der Waals surface area contributed by atoms with E-state index >= 15 is 0 Å². The topological polar surface area (TPSA) is 70.6 Å². The molecular formula is C16H23N3O3S. The monoisotopic (exact) mass is 337 g/mol. The van der Waals surface area contributed by atoms with Crippen molar-refractivity contribution < 1.29 is 13.2 Å². The van der Waals surface area contributed by atoms with Crippen LogP contribution in [0.25, 0.3) is 0 Å². The summed E-state index contributed by atoms with van der Waals surface area (Å²) in [7, 11) is -2.84. The molecule has 1 amide bonds. The maximum Gasteiger partial charge on any atom is 0.223 e. The van der Waals surface area contributed by atoms with E-state index in [2.05, 4.69) is 9.88 Å². The van der Waals surface area contributed by atoms with Gasteiger partial charge in [0.25, 0.3) is 0 Å². The second-order valence-corrected chi connectivity index (χ2v) is 8.52. The minimum absolute atomic E-state index is 0.144. The summed E-state index contributed by atoms with van der Waals surface area (Å²) >= 11 is 0. The molecule has 0 radical (unpaired) electrons. The van der Waals surface area contributed by atoms with Crippen molar-refractivity contribution in [1.82, 2.24) is 14.8 Å². The highest BCUT2D eigenvalue weighted by Gasteiger charge is 2.34. The molecule has 0 N–H and O–H groups in total. The van der Waals surface area contributed by atoms with Gasteiger partial charge < -0.3 is 4.90 Å². The minimum Gasteiger partial charge on any atom is -0.340 e. The van der Waals surface area contributed by atoms with Gasteiger partial charge in [-0.1, -0.05) is 6.07 Å². The van der Waals surface area contributed by atoms with Crippen molar-refractivity contribution in [3.05, 3.63) is 30.1 Å². The Kier molecular flexibility index (Phi) is 4.96. The number of piperazine rings is 1. The van der Waals surface area contributed by atoms with Crippen molar-refractivity contribution in [3.63, 3.8) is 0 Å². The van der Waals surface area contributed by atoms with Crippen LogP contribution in [0.15, 0.2) is 24.4 Å². The zero-order valence-corrected chi connectivity index (χ0v) is 14.0. The number of amides is 1. The molecule has 3 rings (SSSR count). The highest BCUT2D eigenvalue weighted by atomic mass is 32.2. The lowest BCUT2D eigenvalue weighted by Gasteiger charge is -2.37. The molecule has 3 heterocycles. The average molecular weight is 337 g/mol. The standard InChI is InChI=1S/C16H23N3O3S/c20-16(5-4-14-3-1-2-7-17-14)19-10-8-18(9-11-19)15-6-12-23(21,22)13-15/h1-3,7,15H,4-6,8-13H2/t15-/m1/s1. The van der Waals surface area contributed by atoms with Gasteiger partial charge in [0.1, 0.15) is 0 Å². The molecule has 1 aromatic rings. The van der Waals surface area contributed by atoms with Crippen LogP contribution < -0.4 is 0 Å². The van der Waals surface area contributed by atoms with Crippen LogP contribution in [-0.2, 0) is 21.1 Å². The number of hydrogen-bond acceptors (Lipinski definition) is 5. The number of hydrogen-bond donors (Lipinski definition) is 0. The summed E-state index contributed by atoms with van der Waals surface area (Å²) in [6.45, 7) is 2.93. The molecule has 2 aliphatic heterocycles. The fraction of sp³-hybridized carbons (Fsp3) is 0.625. The van der Waals surface area contributed by atoms with E-state index in [0.717, 1.165) is 25.2 Å². The van der Waals surface area contributed by atoms with Crippen LogP contribution in [0.3, 0.4) is 0 Å². The Morgan fingerprint density at radius 3 is 2.61 bits per heavy atom. The van der Waals surface area contributed by atoms with Crippen molar-refractivity contribution in [2.24, 2.45) is 0 Å². The number of rotatable bonds is 4. The molecule has 0 unspecified atom stereocenters. The lowest BCUT2D eigenvalue weighted by molar-refractivity contribution is -0.133. The zero-order chi connectivity index (χ0) is 16.3. The number of aromatic nitrogens is 1. The summed E-state index contributed by atoms with van der Waals surface area (Å²) < 4.78 is 23.2. The molecule has 0 bridgehead atoms. The molecule has 1 aromatic heterocycles. The molecule has 6 nitrogen and oxygen atoms in total. The first-order chi connectivity index (χ1) is 11.0. The molecule has 0 aromatic carbocycles. The minimum atomic E-state index is -2.84. The number of carbonyl (C=O) groups excluding carboxylic acids is 1. The molecule has 2 aliphatic rings. The van der Waals surface area contributed by atoms with E-state index in [-0.39, 0.29) is 17.7 Å². The summed E-state index contributed by atoms with van der Waals surface area (Å²) in [6.07, 6.45) is 3.62. The van der Waals surface area contributed by atoms with Gasteiger partial charge >= 0.3 is 0 Å². The van der Waals surface area contributed by atoms with Crippen molar-refractivity contribution >= 4 is 15.7 Å². The Labute approximate surface area is 137 Å². The predicted molar refractivity (Wildman–Crippen MR) is 87.8 cm³/mol. The van der Waals surface area contributed by atoms with Gasteiger partial charge in [-0.3, -0.25) is 14.7 Å². The lowest BCUT2D eigenvalue weighted by Crippen LogP contribution is -2.52. The van der Waals surface area contributed by atoms with E-state index in [0.29, 0.717) is 31.7 Å². The van der Waals surface area contributed by atoms with Gasteiger partial charge in [-0.05, 0) is 25.0 Å². The first kappa shape index (κ1) is 16.4. The van der Waals surface area contributed by atoms with E-state index in [9.17, 15) is 13.2 Å². The van der Waals surface area contributed by atoms with Crippen LogP contribution in [0.4, 0.5) is 0 Å². The van der Waals surface area contributed by atoms with Gasteiger partial charge in [-0.25, -0.2) is 8.42 Å². The highest BCUT2D eigenvalue weighted by Crippen LogP contribution is 2.19. The molecule has 2 fully saturated rings. The van der Waals surface area contributed by atoms with E-state index in [1.54, 1.807) is 6.20 Å². The number of aryl methyl sites for hydroxylation is 1. The number of carbonyl (C=O) groups is 1. The third-order valence-corrected chi connectivity index (χ3v) is 6.46. The van der Waals surface area contributed by atoms with Gasteiger partial charge in [0.2, 0.25) is 5.91 Å². The molecule has 2 saturated heterocycles. The smallest absolute Gasteiger partial charge is 0.223 e. The first-order valence-electron chi connectivity index (χ1n) is 8.16. The molecule has 126 valence electrons. The van der Waals surface area contributed by atoms with Crippen molar-refractivity contribution in [3.8, 4) is 0 Å². The van der Waals surface area contributed by atoms with Crippen LogP contribution in [-0.4, -0.2) is 72.8 Å². The van der Waals surface area contributed by atoms with Gasteiger partial charge in [-0.2, -0.15) is 0 Å². The predicted octanol–water partition coefficient (Wildman–Crippen LogP) is 0.346.